The number of hydrogen-bond acceptors (Lipinski definition) is 10. The maximum absolute atomic E-state index is 14.0. The quantitative estimate of drug-likeness (QED) is 0.167. The van der Waals surface area contributed by atoms with Gasteiger partial charge in [0.15, 0.2) is 0 Å². The van der Waals surface area contributed by atoms with Crippen molar-refractivity contribution in [1.82, 2.24) is 14.9 Å². The third-order valence-corrected chi connectivity index (χ3v) is 12.3. The molecule has 0 radical (unpaired) electrons. The molecule has 0 aliphatic heterocycles. The molecule has 4 rings (SSSR count). The minimum Gasteiger partial charge on any atom is -0.469 e. The third-order valence-electron chi connectivity index (χ3n) is 10.5. The van der Waals surface area contributed by atoms with Crippen LogP contribution in [0.1, 0.15) is 76.2 Å². The van der Waals surface area contributed by atoms with Gasteiger partial charge in [0.05, 0.1) is 37.5 Å². The molecule has 0 aromatic heterocycles. The van der Waals surface area contributed by atoms with E-state index in [1.165, 1.54) is 12.1 Å². The number of methoxy groups -OCH3 is 2. The van der Waals surface area contributed by atoms with Crippen LogP contribution in [0.15, 0.2) is 29.2 Å². The molecular formula is C37H53N3O10S. The highest BCUT2D eigenvalue weighted by Gasteiger charge is 2.55. The molecule has 0 heterocycles. The van der Waals surface area contributed by atoms with Gasteiger partial charge in [-0.15, -0.1) is 6.42 Å². The van der Waals surface area contributed by atoms with Crippen LogP contribution in [-0.2, 0) is 38.6 Å². The standard InChI is InChI=1S/C37H53N3O10S/c1-5-20-40(51(45,46)28-18-16-25(2)17-19-28)24-30-32(35(42)48-4)29(34(41)47-3)21-31(49-36(43)38-22-26-12-8-6-9-13-26)33(30)50-37(44)39-23-27-14-10-7-11-15-27/h1,16-19,26-27,29-33H,6-15,20-24H2,2-4H3,(H,38,43)(H,39,44)/t29-,30-,31-,32-,33+/m1/s1. The number of carbonyl (C=O) groups excluding carboxylic acids is 4. The molecular weight excluding hydrogens is 678 g/mol. The number of terminal acetylenes is 1. The Bertz CT molecular complexity index is 1480. The summed E-state index contributed by atoms with van der Waals surface area (Å²) in [5.74, 6) is -2.54. The van der Waals surface area contributed by atoms with Gasteiger partial charge < -0.3 is 29.6 Å². The van der Waals surface area contributed by atoms with Crippen molar-refractivity contribution in [2.24, 2.45) is 29.6 Å². The number of rotatable bonds is 13. The van der Waals surface area contributed by atoms with E-state index in [1.54, 1.807) is 12.1 Å². The maximum atomic E-state index is 14.0. The number of amides is 2. The fraction of sp³-hybridized carbons (Fsp3) is 0.676. The molecule has 1 aromatic carbocycles. The lowest BCUT2D eigenvalue weighted by molar-refractivity contribution is -0.174. The first-order valence-corrected chi connectivity index (χ1v) is 19.5. The Morgan fingerprint density at radius 2 is 1.35 bits per heavy atom. The summed E-state index contributed by atoms with van der Waals surface area (Å²) in [5, 5.41) is 5.63. The Kier molecular flexibility index (Phi) is 15.0. The second kappa shape index (κ2) is 19.1. The van der Waals surface area contributed by atoms with Crippen LogP contribution in [0.5, 0.6) is 0 Å². The van der Waals surface area contributed by atoms with Gasteiger partial charge in [-0.2, -0.15) is 4.31 Å². The van der Waals surface area contributed by atoms with E-state index < -0.39 is 77.2 Å². The number of sulfonamides is 1. The molecule has 3 fully saturated rings. The number of benzene rings is 1. The van der Waals surface area contributed by atoms with Crippen molar-refractivity contribution >= 4 is 34.1 Å². The fourth-order valence-electron chi connectivity index (χ4n) is 7.70. The number of alkyl carbamates (subject to hydrolysis) is 2. The van der Waals surface area contributed by atoms with Crippen molar-refractivity contribution in [3.8, 4) is 12.3 Å². The van der Waals surface area contributed by atoms with E-state index in [-0.39, 0.29) is 17.2 Å². The number of hydrogen-bond donors (Lipinski definition) is 2. The Hall–Kier alpha value is -3.83. The van der Waals surface area contributed by atoms with E-state index in [2.05, 4.69) is 16.6 Å². The summed E-state index contributed by atoms with van der Waals surface area (Å²) in [6, 6.07) is 6.17. The van der Waals surface area contributed by atoms with Gasteiger partial charge in [0, 0.05) is 32.0 Å². The number of esters is 2. The van der Waals surface area contributed by atoms with Crippen molar-refractivity contribution in [1.29, 1.82) is 0 Å². The smallest absolute Gasteiger partial charge is 0.407 e. The molecule has 51 heavy (non-hydrogen) atoms. The van der Waals surface area contributed by atoms with E-state index >= 15 is 0 Å². The zero-order valence-electron chi connectivity index (χ0n) is 30.0. The van der Waals surface area contributed by atoms with E-state index in [0.717, 1.165) is 88.3 Å². The van der Waals surface area contributed by atoms with E-state index in [9.17, 15) is 27.6 Å². The summed E-state index contributed by atoms with van der Waals surface area (Å²) in [5.41, 5.74) is 0.839. The first-order valence-electron chi connectivity index (χ1n) is 18.0. The topological polar surface area (TPSA) is 167 Å². The van der Waals surface area contributed by atoms with Crippen LogP contribution in [0.25, 0.3) is 0 Å². The van der Waals surface area contributed by atoms with Crippen molar-refractivity contribution in [2.45, 2.75) is 94.7 Å². The number of aryl methyl sites for hydroxylation is 1. The lowest BCUT2D eigenvalue weighted by Gasteiger charge is -2.44. The van der Waals surface area contributed by atoms with Gasteiger partial charge in [-0.1, -0.05) is 62.1 Å². The molecule has 0 unspecified atom stereocenters. The van der Waals surface area contributed by atoms with Crippen LogP contribution < -0.4 is 10.6 Å². The average Bonchev–Trinajstić information content (AvgIpc) is 3.14. The van der Waals surface area contributed by atoms with E-state index in [0.29, 0.717) is 19.0 Å². The third kappa shape index (κ3) is 10.8. The first kappa shape index (κ1) is 39.9. The molecule has 0 spiro atoms. The zero-order chi connectivity index (χ0) is 37.0. The summed E-state index contributed by atoms with van der Waals surface area (Å²) in [4.78, 5) is 53.6. The lowest BCUT2D eigenvalue weighted by Crippen LogP contribution is -2.59. The second-order valence-electron chi connectivity index (χ2n) is 14.0. The van der Waals surface area contributed by atoms with Gasteiger partial charge in [0.25, 0.3) is 0 Å². The Labute approximate surface area is 301 Å². The normalized spacial score (nSPS) is 24.5. The Morgan fingerprint density at radius 1 is 0.824 bits per heavy atom. The second-order valence-corrected chi connectivity index (χ2v) is 15.9. The van der Waals surface area contributed by atoms with Crippen LogP contribution in [0.3, 0.4) is 0 Å². The van der Waals surface area contributed by atoms with Crippen molar-refractivity contribution < 1.29 is 46.5 Å². The van der Waals surface area contributed by atoms with Crippen LogP contribution in [0.4, 0.5) is 9.59 Å². The first-order chi connectivity index (χ1) is 24.5. The largest absolute Gasteiger partial charge is 0.469 e. The lowest BCUT2D eigenvalue weighted by atomic mass is 9.68. The van der Waals surface area contributed by atoms with Gasteiger partial charge in [-0.25, -0.2) is 18.0 Å². The molecule has 3 aliphatic carbocycles. The summed E-state index contributed by atoms with van der Waals surface area (Å²) < 4.78 is 51.2. The van der Waals surface area contributed by atoms with Crippen LogP contribution in [-0.4, -0.2) is 89.5 Å². The van der Waals surface area contributed by atoms with Crippen LogP contribution >= 0.6 is 0 Å². The Morgan fingerprint density at radius 3 is 1.86 bits per heavy atom. The molecule has 282 valence electrons. The molecule has 0 bridgehead atoms. The van der Waals surface area contributed by atoms with Gasteiger partial charge >= 0.3 is 24.1 Å². The average molecular weight is 732 g/mol. The summed E-state index contributed by atoms with van der Waals surface area (Å²) in [6.07, 6.45) is 11.6. The minimum atomic E-state index is -4.27. The monoisotopic (exact) mass is 731 g/mol. The van der Waals surface area contributed by atoms with Gasteiger partial charge in [-0.3, -0.25) is 9.59 Å². The van der Waals surface area contributed by atoms with Gasteiger partial charge in [-0.05, 0) is 56.6 Å². The molecule has 5 atom stereocenters. The molecule has 0 saturated heterocycles. The number of nitrogens with one attached hydrogen (secondary N) is 2. The van der Waals surface area contributed by atoms with Crippen molar-refractivity contribution in [3.63, 3.8) is 0 Å². The van der Waals surface area contributed by atoms with Crippen LogP contribution in [0, 0.1) is 48.9 Å². The molecule has 2 N–H and O–H groups in total. The van der Waals surface area contributed by atoms with E-state index in [4.69, 9.17) is 25.4 Å². The molecule has 1 aromatic rings. The Balaban J connectivity index is 1.71. The van der Waals surface area contributed by atoms with Crippen molar-refractivity contribution in [2.75, 3.05) is 40.4 Å². The molecule has 14 heteroatoms. The molecule has 3 saturated carbocycles. The van der Waals surface area contributed by atoms with Crippen LogP contribution in [0.2, 0.25) is 0 Å². The number of ether oxygens (including phenoxy) is 4. The van der Waals surface area contributed by atoms with Gasteiger partial charge in [0.2, 0.25) is 10.0 Å². The van der Waals surface area contributed by atoms with E-state index in [1.807, 2.05) is 6.92 Å². The van der Waals surface area contributed by atoms with Gasteiger partial charge in [0.1, 0.15) is 12.2 Å². The minimum absolute atomic E-state index is 0.0455. The predicted molar refractivity (Wildman–Crippen MR) is 188 cm³/mol. The summed E-state index contributed by atoms with van der Waals surface area (Å²) in [7, 11) is -1.97. The number of nitrogens with zero attached hydrogens (tertiary/aromatic N) is 1. The maximum Gasteiger partial charge on any atom is 0.407 e. The molecule has 13 nitrogen and oxygen atoms in total. The summed E-state index contributed by atoms with van der Waals surface area (Å²) >= 11 is 0. The molecule has 3 aliphatic rings. The highest BCUT2D eigenvalue weighted by molar-refractivity contribution is 7.89. The fourth-order valence-corrected chi connectivity index (χ4v) is 9.09. The van der Waals surface area contributed by atoms with Crippen molar-refractivity contribution in [3.05, 3.63) is 29.8 Å². The predicted octanol–water partition coefficient (Wildman–Crippen LogP) is 4.57. The highest BCUT2D eigenvalue weighted by atomic mass is 32.2. The SMILES string of the molecule is C#CCN(C[C@H]1[C@H](OC(=O)NCC2CCCCC2)[C@H](OC(=O)NCC2CCCCC2)C[C@@H](C(=O)OC)[C@H]1C(=O)OC)S(=O)(=O)c1ccc(C)cc1. The highest BCUT2D eigenvalue weighted by Crippen LogP contribution is 2.41. The molecule has 2 amide bonds. The zero-order valence-corrected chi connectivity index (χ0v) is 30.8. The summed E-state index contributed by atoms with van der Waals surface area (Å²) in [6.45, 7) is 1.69. The number of carbonyl (C=O) groups is 4.